The molecule has 0 bridgehead atoms. The van der Waals surface area contributed by atoms with Gasteiger partial charge < -0.3 is 10.7 Å². The van der Waals surface area contributed by atoms with Crippen LogP contribution >= 0.6 is 11.8 Å². The van der Waals surface area contributed by atoms with Gasteiger partial charge in [0, 0.05) is 29.3 Å². The van der Waals surface area contributed by atoms with E-state index in [2.05, 4.69) is 9.71 Å². The fraction of sp³-hybridized carbons (Fsp3) is 0.385. The van der Waals surface area contributed by atoms with Crippen LogP contribution in [0.3, 0.4) is 0 Å². The lowest BCUT2D eigenvalue weighted by molar-refractivity contribution is 0.546. The standard InChI is InChI=1S/C13H17N3O2S2/c14-10-1-2-11-12(5-10)15-7-13(11)20(17,18)16-6-9-3-4-19-8-9/h1-2,5,7,9,15-16H,3-4,6,8,14H2. The molecule has 3 rings (SSSR count). The molecule has 4 N–H and O–H groups in total. The molecule has 108 valence electrons. The first kappa shape index (κ1) is 13.8. The van der Waals surface area contributed by atoms with E-state index in [0.717, 1.165) is 23.4 Å². The molecular formula is C13H17N3O2S2. The minimum absolute atomic E-state index is 0.290. The van der Waals surface area contributed by atoms with Crippen molar-refractivity contribution in [3.63, 3.8) is 0 Å². The zero-order chi connectivity index (χ0) is 14.2. The number of aromatic nitrogens is 1. The van der Waals surface area contributed by atoms with Gasteiger partial charge in [0.15, 0.2) is 0 Å². The fourth-order valence-corrected chi connectivity index (χ4v) is 4.97. The SMILES string of the molecule is Nc1ccc2c(S(=O)(=O)NCC3CCSC3)c[nH]c2c1. The van der Waals surface area contributed by atoms with Gasteiger partial charge in [-0.15, -0.1) is 0 Å². The van der Waals surface area contributed by atoms with Gasteiger partial charge in [0.1, 0.15) is 4.90 Å². The summed E-state index contributed by atoms with van der Waals surface area (Å²) in [5.41, 5.74) is 7.04. The van der Waals surface area contributed by atoms with Crippen molar-refractivity contribution >= 4 is 38.4 Å². The molecule has 2 heterocycles. The monoisotopic (exact) mass is 311 g/mol. The molecule has 1 aromatic heterocycles. The molecule has 5 nitrogen and oxygen atoms in total. The van der Waals surface area contributed by atoms with Gasteiger partial charge in [0.2, 0.25) is 10.0 Å². The molecule has 7 heteroatoms. The average Bonchev–Trinajstić information content (AvgIpc) is 3.05. The van der Waals surface area contributed by atoms with Crippen molar-refractivity contribution in [2.24, 2.45) is 5.92 Å². The molecule has 0 saturated carbocycles. The third-order valence-electron chi connectivity index (χ3n) is 3.54. The number of rotatable bonds is 4. The van der Waals surface area contributed by atoms with E-state index in [1.165, 1.54) is 6.20 Å². The number of nitrogens with two attached hydrogens (primary N) is 1. The van der Waals surface area contributed by atoms with Gasteiger partial charge in [-0.3, -0.25) is 0 Å². The van der Waals surface area contributed by atoms with Gasteiger partial charge in [-0.1, -0.05) is 0 Å². The molecule has 1 aromatic carbocycles. The number of aromatic amines is 1. The van der Waals surface area contributed by atoms with E-state index in [4.69, 9.17) is 5.73 Å². The predicted molar refractivity (Wildman–Crippen MR) is 83.3 cm³/mol. The van der Waals surface area contributed by atoms with Crippen LogP contribution in [0.5, 0.6) is 0 Å². The summed E-state index contributed by atoms with van der Waals surface area (Å²) in [5, 5.41) is 0.674. The van der Waals surface area contributed by atoms with Crippen molar-refractivity contribution in [1.82, 2.24) is 9.71 Å². The van der Waals surface area contributed by atoms with Gasteiger partial charge in [-0.25, -0.2) is 13.1 Å². The van der Waals surface area contributed by atoms with Crippen LogP contribution in [0.2, 0.25) is 0 Å². The number of fused-ring (bicyclic) bond motifs is 1. The fourth-order valence-electron chi connectivity index (χ4n) is 2.39. The van der Waals surface area contributed by atoms with Crippen molar-refractivity contribution in [2.75, 3.05) is 23.8 Å². The number of nitrogen functional groups attached to an aromatic ring is 1. The van der Waals surface area contributed by atoms with E-state index in [-0.39, 0.29) is 4.90 Å². The summed E-state index contributed by atoms with van der Waals surface area (Å²) in [6.45, 7) is 0.511. The molecule has 0 spiro atoms. The first-order valence-electron chi connectivity index (χ1n) is 6.50. The summed E-state index contributed by atoms with van der Waals surface area (Å²) in [7, 11) is -3.48. The average molecular weight is 311 g/mol. The second-order valence-corrected chi connectivity index (χ2v) is 7.92. The van der Waals surface area contributed by atoms with Gasteiger partial charge in [0.25, 0.3) is 0 Å². The normalized spacial score (nSPS) is 19.7. The summed E-state index contributed by atoms with van der Waals surface area (Å²) in [6, 6.07) is 5.19. The topological polar surface area (TPSA) is 88.0 Å². The molecule has 1 unspecified atom stereocenters. The van der Waals surface area contributed by atoms with E-state index < -0.39 is 10.0 Å². The maximum Gasteiger partial charge on any atom is 0.242 e. The Bertz CT molecular complexity index is 718. The second kappa shape index (κ2) is 5.31. The van der Waals surface area contributed by atoms with Gasteiger partial charge >= 0.3 is 0 Å². The molecule has 2 aromatic rings. The predicted octanol–water partition coefficient (Wildman–Crippen LogP) is 1.78. The Labute approximate surface area is 122 Å². The summed E-state index contributed by atoms with van der Waals surface area (Å²) in [6.07, 6.45) is 2.60. The Kier molecular flexibility index (Phi) is 3.66. The number of hydrogen-bond acceptors (Lipinski definition) is 4. The maximum absolute atomic E-state index is 12.4. The zero-order valence-corrected chi connectivity index (χ0v) is 12.6. The Morgan fingerprint density at radius 1 is 1.45 bits per heavy atom. The number of benzene rings is 1. The number of H-pyrrole nitrogens is 1. The minimum atomic E-state index is -3.48. The molecule has 1 saturated heterocycles. The molecule has 1 fully saturated rings. The van der Waals surface area contributed by atoms with E-state index in [9.17, 15) is 8.42 Å². The van der Waals surface area contributed by atoms with Crippen LogP contribution in [0, 0.1) is 5.92 Å². The third-order valence-corrected chi connectivity index (χ3v) is 6.24. The number of anilines is 1. The Morgan fingerprint density at radius 3 is 3.05 bits per heavy atom. The van der Waals surface area contributed by atoms with Crippen LogP contribution in [-0.4, -0.2) is 31.5 Å². The molecule has 1 aliphatic heterocycles. The summed E-state index contributed by atoms with van der Waals surface area (Å²) < 4.78 is 27.5. The van der Waals surface area contributed by atoms with E-state index in [1.54, 1.807) is 18.2 Å². The number of sulfonamides is 1. The molecule has 1 atom stereocenters. The molecule has 0 amide bonds. The summed E-state index contributed by atoms with van der Waals surface area (Å²) >= 11 is 1.88. The van der Waals surface area contributed by atoms with E-state index in [0.29, 0.717) is 23.5 Å². The highest BCUT2D eigenvalue weighted by atomic mass is 32.2. The van der Waals surface area contributed by atoms with Crippen LogP contribution in [0.4, 0.5) is 5.69 Å². The van der Waals surface area contributed by atoms with Gasteiger partial charge in [-0.05, 0) is 42.0 Å². The number of nitrogens with one attached hydrogen (secondary N) is 2. The quantitative estimate of drug-likeness (QED) is 0.751. The lowest BCUT2D eigenvalue weighted by atomic mass is 10.1. The van der Waals surface area contributed by atoms with Crippen LogP contribution in [0.25, 0.3) is 10.9 Å². The van der Waals surface area contributed by atoms with Crippen LogP contribution in [0.1, 0.15) is 6.42 Å². The first-order chi connectivity index (χ1) is 9.56. The van der Waals surface area contributed by atoms with E-state index >= 15 is 0 Å². The van der Waals surface area contributed by atoms with Crippen molar-refractivity contribution in [1.29, 1.82) is 0 Å². The molecule has 0 radical (unpaired) electrons. The smallest absolute Gasteiger partial charge is 0.242 e. The van der Waals surface area contributed by atoms with Gasteiger partial charge in [0.05, 0.1) is 0 Å². The minimum Gasteiger partial charge on any atom is -0.399 e. The third kappa shape index (κ3) is 2.65. The van der Waals surface area contributed by atoms with Gasteiger partial charge in [-0.2, -0.15) is 11.8 Å². The summed E-state index contributed by atoms with van der Waals surface area (Å²) in [5.74, 6) is 2.60. The van der Waals surface area contributed by atoms with Crippen molar-refractivity contribution < 1.29 is 8.42 Å². The van der Waals surface area contributed by atoms with Crippen LogP contribution < -0.4 is 10.5 Å². The molecule has 0 aliphatic carbocycles. The van der Waals surface area contributed by atoms with Crippen LogP contribution in [-0.2, 0) is 10.0 Å². The van der Waals surface area contributed by atoms with Crippen molar-refractivity contribution in [3.8, 4) is 0 Å². The number of thioether (sulfide) groups is 1. The Hall–Kier alpha value is -1.18. The lowest BCUT2D eigenvalue weighted by Crippen LogP contribution is -2.29. The summed E-state index contributed by atoms with van der Waals surface area (Å²) in [4.78, 5) is 3.25. The highest BCUT2D eigenvalue weighted by Crippen LogP contribution is 2.26. The maximum atomic E-state index is 12.4. The lowest BCUT2D eigenvalue weighted by Gasteiger charge is -2.10. The highest BCUT2D eigenvalue weighted by molar-refractivity contribution is 7.99. The van der Waals surface area contributed by atoms with E-state index in [1.807, 2.05) is 11.8 Å². The molecular weight excluding hydrogens is 294 g/mol. The second-order valence-electron chi connectivity index (χ2n) is 5.04. The molecule has 20 heavy (non-hydrogen) atoms. The first-order valence-corrected chi connectivity index (χ1v) is 9.14. The Morgan fingerprint density at radius 2 is 2.30 bits per heavy atom. The highest BCUT2D eigenvalue weighted by Gasteiger charge is 2.22. The molecule has 1 aliphatic rings. The zero-order valence-electron chi connectivity index (χ0n) is 10.9. The number of hydrogen-bond donors (Lipinski definition) is 3. The largest absolute Gasteiger partial charge is 0.399 e. The Balaban J connectivity index is 1.85. The van der Waals surface area contributed by atoms with Crippen molar-refractivity contribution in [2.45, 2.75) is 11.3 Å². The van der Waals surface area contributed by atoms with Crippen LogP contribution in [0.15, 0.2) is 29.3 Å². The van der Waals surface area contributed by atoms with Crippen molar-refractivity contribution in [3.05, 3.63) is 24.4 Å².